The molecule has 4 heteroatoms. The first kappa shape index (κ1) is 42.2. The molecule has 0 aromatic heterocycles. The predicted octanol–water partition coefficient (Wildman–Crippen LogP) is 18.9. The predicted molar refractivity (Wildman–Crippen MR) is 298 cm³/mol. The van der Waals surface area contributed by atoms with Gasteiger partial charge in [0.25, 0.3) is 0 Å². The second kappa shape index (κ2) is 18.9. The van der Waals surface area contributed by atoms with E-state index >= 15 is 0 Å². The quantitative estimate of drug-likeness (QED) is 0.121. The van der Waals surface area contributed by atoms with Crippen molar-refractivity contribution in [2.75, 3.05) is 19.6 Å². The van der Waals surface area contributed by atoms with Crippen LogP contribution in [0.25, 0.3) is 32.3 Å². The van der Waals surface area contributed by atoms with E-state index in [1.54, 1.807) is 0 Å². The molecule has 334 valence electrons. The molecule has 0 heterocycles. The third kappa shape index (κ3) is 8.44. The van der Waals surface area contributed by atoms with E-state index in [0.717, 1.165) is 75.4 Å². The summed E-state index contributed by atoms with van der Waals surface area (Å²) in [6.45, 7) is 0. The van der Waals surface area contributed by atoms with Gasteiger partial charge < -0.3 is 19.6 Å². The number of nitrogens with zero attached hydrogens (tertiary/aromatic N) is 4. The molecule has 0 radical (unpaired) electrons. The molecule has 0 amide bonds. The molecule has 0 aliphatic heterocycles. The highest BCUT2D eigenvalue weighted by Gasteiger charge is 2.21. The Hall–Kier alpha value is -9.12. The number of fused-ring (bicyclic) bond motifs is 3. The fourth-order valence-corrected chi connectivity index (χ4v) is 9.95. The van der Waals surface area contributed by atoms with E-state index in [1.807, 2.05) is 0 Å². The van der Waals surface area contributed by atoms with Crippen LogP contribution in [0.5, 0.6) is 0 Å². The van der Waals surface area contributed by atoms with E-state index in [1.165, 1.54) is 38.0 Å². The summed E-state index contributed by atoms with van der Waals surface area (Å²) >= 11 is 0. The summed E-state index contributed by atoms with van der Waals surface area (Å²) in [5.74, 6) is 0. The minimum absolute atomic E-state index is 0.967. The number of hydrogen-bond donors (Lipinski definition) is 0. The number of rotatable bonds is 12. The van der Waals surface area contributed by atoms with E-state index in [-0.39, 0.29) is 0 Å². The smallest absolute Gasteiger partial charge is 0.0468 e. The van der Waals surface area contributed by atoms with Crippen LogP contribution in [0.3, 0.4) is 0 Å². The zero-order valence-electron chi connectivity index (χ0n) is 38.8. The lowest BCUT2D eigenvalue weighted by Crippen LogP contribution is -2.17. The lowest BCUT2D eigenvalue weighted by Gasteiger charge is -2.31. The van der Waals surface area contributed by atoms with Crippen LogP contribution in [0.2, 0.25) is 0 Å². The summed E-state index contributed by atoms with van der Waals surface area (Å²) in [6, 6.07) is 94.3. The second-order valence-corrected chi connectivity index (χ2v) is 17.8. The molecule has 11 aromatic carbocycles. The van der Waals surface area contributed by atoms with Gasteiger partial charge in [0.2, 0.25) is 0 Å². The van der Waals surface area contributed by atoms with Crippen molar-refractivity contribution in [3.63, 3.8) is 0 Å². The standard InChI is InChI=1S/C66H50N4/c1-4-22-55(23-5-1)68(64-31-28-49-16-10-13-19-52(49)46-64)61-40-34-58(35-41-61)67(59-36-42-62(43-37-59)69(56-24-6-2-7-25-56)65-32-29-50-17-11-14-20-53(50)47-65)60-38-44-63(45-39-60)70(57-26-8-3-9-27-57)66-33-30-51-18-12-15-21-54(51)48-66/h1-8,10-26,28-48H,9,27H2. The fraction of sp³-hybridized carbons (Fsp3) is 0.0303. The van der Waals surface area contributed by atoms with E-state index in [4.69, 9.17) is 0 Å². The Bertz CT molecular complexity index is 3490. The van der Waals surface area contributed by atoms with Crippen molar-refractivity contribution in [2.24, 2.45) is 0 Å². The average molecular weight is 899 g/mol. The summed E-state index contributed by atoms with van der Waals surface area (Å²) in [7, 11) is 0. The highest BCUT2D eigenvalue weighted by Crippen LogP contribution is 2.43. The third-order valence-electron chi connectivity index (χ3n) is 13.4. The van der Waals surface area contributed by atoms with Crippen LogP contribution in [0, 0.1) is 0 Å². The zero-order chi connectivity index (χ0) is 46.6. The Balaban J connectivity index is 0.958. The third-order valence-corrected chi connectivity index (χ3v) is 13.4. The van der Waals surface area contributed by atoms with Gasteiger partial charge in [0.05, 0.1) is 0 Å². The lowest BCUT2D eigenvalue weighted by atomic mass is 10.0. The normalized spacial score (nSPS) is 12.2. The maximum Gasteiger partial charge on any atom is 0.0468 e. The van der Waals surface area contributed by atoms with Gasteiger partial charge in [-0.1, -0.05) is 140 Å². The molecule has 4 nitrogen and oxygen atoms in total. The van der Waals surface area contributed by atoms with Crippen LogP contribution in [-0.4, -0.2) is 0 Å². The zero-order valence-corrected chi connectivity index (χ0v) is 38.8. The van der Waals surface area contributed by atoms with Crippen LogP contribution >= 0.6 is 0 Å². The highest BCUT2D eigenvalue weighted by atomic mass is 15.2. The number of hydrogen-bond acceptors (Lipinski definition) is 4. The number of benzene rings is 11. The van der Waals surface area contributed by atoms with Gasteiger partial charge in [-0.25, -0.2) is 0 Å². The van der Waals surface area contributed by atoms with Gasteiger partial charge in [-0.15, -0.1) is 0 Å². The molecule has 11 aromatic rings. The molecule has 70 heavy (non-hydrogen) atoms. The molecule has 0 saturated heterocycles. The molecule has 0 fully saturated rings. The molecule has 0 bridgehead atoms. The first-order chi connectivity index (χ1) is 34.7. The van der Waals surface area contributed by atoms with Crippen LogP contribution < -0.4 is 19.6 Å². The molecule has 12 rings (SSSR count). The number of anilines is 11. The topological polar surface area (TPSA) is 13.0 Å². The largest absolute Gasteiger partial charge is 0.314 e. The monoisotopic (exact) mass is 898 g/mol. The summed E-state index contributed by atoms with van der Waals surface area (Å²) in [5, 5.41) is 7.32. The lowest BCUT2D eigenvalue weighted by molar-refractivity contribution is 0.918. The van der Waals surface area contributed by atoms with Gasteiger partial charge in [-0.05, 0) is 185 Å². The molecular weight excluding hydrogens is 849 g/mol. The highest BCUT2D eigenvalue weighted by molar-refractivity contribution is 5.92. The van der Waals surface area contributed by atoms with Crippen molar-refractivity contribution in [1.29, 1.82) is 0 Å². The first-order valence-corrected chi connectivity index (χ1v) is 24.1. The molecule has 0 atom stereocenters. The molecule has 1 aliphatic rings. The summed E-state index contributed by atoms with van der Waals surface area (Å²) in [5.41, 5.74) is 13.3. The van der Waals surface area contributed by atoms with Crippen LogP contribution in [0.4, 0.5) is 62.6 Å². The van der Waals surface area contributed by atoms with Gasteiger partial charge in [-0.2, -0.15) is 0 Å². The van der Waals surface area contributed by atoms with E-state index in [0.29, 0.717) is 0 Å². The average Bonchev–Trinajstić information content (AvgIpc) is 3.43. The Labute approximate surface area is 410 Å². The Morgan fingerprint density at radius 1 is 0.229 bits per heavy atom. The summed E-state index contributed by atoms with van der Waals surface area (Å²) < 4.78 is 0. The van der Waals surface area contributed by atoms with Crippen molar-refractivity contribution >= 4 is 94.9 Å². The van der Waals surface area contributed by atoms with E-state index in [2.05, 4.69) is 299 Å². The van der Waals surface area contributed by atoms with Crippen molar-refractivity contribution in [3.05, 3.63) is 285 Å². The van der Waals surface area contributed by atoms with Crippen molar-refractivity contribution in [3.8, 4) is 0 Å². The van der Waals surface area contributed by atoms with E-state index in [9.17, 15) is 0 Å². The maximum absolute atomic E-state index is 2.42. The van der Waals surface area contributed by atoms with Crippen molar-refractivity contribution in [1.82, 2.24) is 0 Å². The minimum atomic E-state index is 0.967. The summed E-state index contributed by atoms with van der Waals surface area (Å²) in [6.07, 6.45) is 8.68. The van der Waals surface area contributed by atoms with Crippen molar-refractivity contribution in [2.45, 2.75) is 12.8 Å². The van der Waals surface area contributed by atoms with Crippen LogP contribution in [0.15, 0.2) is 285 Å². The summed E-state index contributed by atoms with van der Waals surface area (Å²) in [4.78, 5) is 9.47. The van der Waals surface area contributed by atoms with Gasteiger partial charge in [-0.3, -0.25) is 0 Å². The molecular formula is C66H50N4. The molecule has 1 aliphatic carbocycles. The van der Waals surface area contributed by atoms with E-state index < -0.39 is 0 Å². The van der Waals surface area contributed by atoms with Crippen LogP contribution in [-0.2, 0) is 0 Å². The number of allylic oxidation sites excluding steroid dienone is 4. The Kier molecular flexibility index (Phi) is 11.4. The first-order valence-electron chi connectivity index (χ1n) is 24.1. The van der Waals surface area contributed by atoms with Crippen LogP contribution in [0.1, 0.15) is 12.8 Å². The number of para-hydroxylation sites is 2. The second-order valence-electron chi connectivity index (χ2n) is 17.8. The molecule has 0 saturated carbocycles. The van der Waals surface area contributed by atoms with Crippen molar-refractivity contribution < 1.29 is 0 Å². The maximum atomic E-state index is 2.42. The van der Waals surface area contributed by atoms with Gasteiger partial charge in [0, 0.05) is 68.3 Å². The molecule has 0 N–H and O–H groups in total. The Morgan fingerprint density at radius 3 is 0.843 bits per heavy atom. The molecule has 0 spiro atoms. The van der Waals surface area contributed by atoms with Gasteiger partial charge >= 0.3 is 0 Å². The van der Waals surface area contributed by atoms with Gasteiger partial charge in [0.15, 0.2) is 0 Å². The molecule has 0 unspecified atom stereocenters. The van der Waals surface area contributed by atoms with Gasteiger partial charge in [0.1, 0.15) is 0 Å². The SMILES string of the molecule is C1=CCCC(N(c2ccc(N(c3ccc(N(c4ccccc4)c4ccc5ccccc5c4)cc3)c3ccc(N(c4ccccc4)c4ccc5ccccc5c4)cc3)cc2)c2ccc3ccccc3c2)=C1. The minimum Gasteiger partial charge on any atom is -0.314 e. The fourth-order valence-electron chi connectivity index (χ4n) is 9.95. The Morgan fingerprint density at radius 2 is 0.500 bits per heavy atom.